The molecular weight excluding hydrogens is 404 g/mol. The van der Waals surface area contributed by atoms with E-state index in [2.05, 4.69) is 74.7 Å². The molecule has 0 aromatic carbocycles. The van der Waals surface area contributed by atoms with Gasteiger partial charge >= 0.3 is 0 Å². The van der Waals surface area contributed by atoms with Crippen LogP contribution in [0.2, 0.25) is 36.3 Å². The van der Waals surface area contributed by atoms with Crippen molar-refractivity contribution in [3.8, 4) is 0 Å². The van der Waals surface area contributed by atoms with Crippen molar-refractivity contribution in [2.24, 2.45) is 0 Å². The molecule has 0 bridgehead atoms. The molecular formula is C21H44O4SSi2. The Kier molecular flexibility index (Phi) is 9.08. The lowest BCUT2D eigenvalue weighted by atomic mass is 10.0. The molecule has 1 aliphatic rings. The summed E-state index contributed by atoms with van der Waals surface area (Å²) in [5.41, 5.74) is -0.0836. The van der Waals surface area contributed by atoms with Gasteiger partial charge in [0, 0.05) is 6.42 Å². The number of carbonyl (C=O) groups is 1. The van der Waals surface area contributed by atoms with Crippen LogP contribution in [-0.2, 0) is 18.4 Å². The standard InChI is InChI=1S/C21H44O4SSi2/c1-12-13-26-18-14-16(22)19(25-28(10,11)21(5,6)7)17(24-18)15-23-27(8,9)20(2,3)4/h17-19H,12-15H2,1-11H3/t17-,18-,19+/m1/s1. The average Bonchev–Trinajstić information content (AvgIpc) is 2.51. The fourth-order valence-electron chi connectivity index (χ4n) is 2.42. The fraction of sp³-hybridized carbons (Fsp3) is 0.952. The molecule has 1 fully saturated rings. The summed E-state index contributed by atoms with van der Waals surface area (Å²) in [5.74, 6) is 1.18. The molecule has 1 rings (SSSR count). The predicted octanol–water partition coefficient (Wildman–Crippen LogP) is 6.23. The summed E-state index contributed by atoms with van der Waals surface area (Å²) in [5, 5.41) is 0.170. The third-order valence-corrected chi connectivity index (χ3v) is 16.7. The third kappa shape index (κ3) is 6.94. The van der Waals surface area contributed by atoms with E-state index in [0.29, 0.717) is 13.0 Å². The Hall–Kier alpha value is 0.334. The van der Waals surface area contributed by atoms with E-state index in [9.17, 15) is 4.79 Å². The summed E-state index contributed by atoms with van der Waals surface area (Å²) in [6.07, 6.45) is 0.678. The van der Waals surface area contributed by atoms with Crippen molar-refractivity contribution in [3.63, 3.8) is 0 Å². The number of hydrogen-bond donors (Lipinski definition) is 0. The number of hydrogen-bond acceptors (Lipinski definition) is 5. The van der Waals surface area contributed by atoms with E-state index in [1.807, 2.05) is 0 Å². The molecule has 1 aliphatic heterocycles. The van der Waals surface area contributed by atoms with Crippen LogP contribution in [0.15, 0.2) is 0 Å². The molecule has 0 amide bonds. The summed E-state index contributed by atoms with van der Waals surface area (Å²) < 4.78 is 19.4. The first-order chi connectivity index (χ1) is 12.5. The van der Waals surface area contributed by atoms with Crippen molar-refractivity contribution in [1.82, 2.24) is 0 Å². The molecule has 1 saturated heterocycles. The zero-order valence-electron chi connectivity index (χ0n) is 20.1. The highest BCUT2D eigenvalue weighted by atomic mass is 32.2. The van der Waals surface area contributed by atoms with Gasteiger partial charge in [-0.15, -0.1) is 11.8 Å². The van der Waals surface area contributed by atoms with Gasteiger partial charge in [0.15, 0.2) is 22.4 Å². The number of ether oxygens (including phenoxy) is 1. The largest absolute Gasteiger partial charge is 0.414 e. The normalized spacial score (nSPS) is 25.2. The lowest BCUT2D eigenvalue weighted by molar-refractivity contribution is -0.151. The van der Waals surface area contributed by atoms with Gasteiger partial charge in [-0.3, -0.25) is 4.79 Å². The molecule has 0 saturated carbocycles. The van der Waals surface area contributed by atoms with E-state index in [1.165, 1.54) is 0 Å². The quantitative estimate of drug-likeness (QED) is 0.412. The van der Waals surface area contributed by atoms with Crippen molar-refractivity contribution < 1.29 is 18.4 Å². The van der Waals surface area contributed by atoms with Crippen LogP contribution < -0.4 is 0 Å². The highest BCUT2D eigenvalue weighted by Crippen LogP contribution is 2.40. The van der Waals surface area contributed by atoms with E-state index < -0.39 is 22.7 Å². The van der Waals surface area contributed by atoms with Crippen LogP contribution in [-0.4, -0.2) is 52.4 Å². The van der Waals surface area contributed by atoms with Gasteiger partial charge in [0.1, 0.15) is 17.6 Å². The minimum Gasteiger partial charge on any atom is -0.414 e. The Balaban J connectivity index is 3.01. The van der Waals surface area contributed by atoms with Crippen LogP contribution in [0.5, 0.6) is 0 Å². The molecule has 0 aliphatic carbocycles. The van der Waals surface area contributed by atoms with E-state index in [-0.39, 0.29) is 27.4 Å². The van der Waals surface area contributed by atoms with Crippen molar-refractivity contribution in [2.75, 3.05) is 12.4 Å². The fourth-order valence-corrected chi connectivity index (χ4v) is 5.71. The summed E-state index contributed by atoms with van der Waals surface area (Å²) in [4.78, 5) is 13.1. The zero-order valence-corrected chi connectivity index (χ0v) is 22.9. The number of thioether (sulfide) groups is 1. The molecule has 0 aromatic heterocycles. The Bertz CT molecular complexity index is 523. The number of carbonyl (C=O) groups excluding carboxylic acids is 1. The molecule has 4 nitrogen and oxygen atoms in total. The maximum absolute atomic E-state index is 13.1. The first-order valence-corrected chi connectivity index (χ1v) is 17.5. The lowest BCUT2D eigenvalue weighted by Crippen LogP contribution is -2.56. The minimum atomic E-state index is -2.09. The van der Waals surface area contributed by atoms with Gasteiger partial charge in [-0.2, -0.15) is 0 Å². The summed E-state index contributed by atoms with van der Waals surface area (Å²) in [7, 11) is -4.01. The first kappa shape index (κ1) is 26.4. The smallest absolute Gasteiger partial charge is 0.193 e. The molecule has 0 aromatic rings. The highest BCUT2D eigenvalue weighted by molar-refractivity contribution is 7.99. The van der Waals surface area contributed by atoms with E-state index in [4.69, 9.17) is 13.6 Å². The molecule has 28 heavy (non-hydrogen) atoms. The molecule has 1 heterocycles. The van der Waals surface area contributed by atoms with Gasteiger partial charge in [0.25, 0.3) is 0 Å². The highest BCUT2D eigenvalue weighted by Gasteiger charge is 2.47. The van der Waals surface area contributed by atoms with Crippen LogP contribution >= 0.6 is 11.8 Å². The number of rotatable bonds is 8. The molecule has 0 N–H and O–H groups in total. The van der Waals surface area contributed by atoms with Crippen LogP contribution in [0.1, 0.15) is 61.3 Å². The maximum Gasteiger partial charge on any atom is 0.193 e. The topological polar surface area (TPSA) is 44.8 Å². The van der Waals surface area contributed by atoms with Crippen LogP contribution in [0.4, 0.5) is 0 Å². The molecule has 0 radical (unpaired) electrons. The minimum absolute atomic E-state index is 0.0475. The van der Waals surface area contributed by atoms with Gasteiger partial charge in [-0.1, -0.05) is 48.5 Å². The number of Topliss-reactive ketones (excluding diaryl/α,β-unsaturated/α-hetero) is 1. The van der Waals surface area contributed by atoms with Gasteiger partial charge in [0.05, 0.1) is 6.61 Å². The van der Waals surface area contributed by atoms with Gasteiger partial charge < -0.3 is 13.6 Å². The second-order valence-corrected chi connectivity index (χ2v) is 21.8. The Labute approximate surface area is 180 Å². The van der Waals surface area contributed by atoms with E-state index in [0.717, 1.165) is 12.2 Å². The Morgan fingerprint density at radius 1 is 1.04 bits per heavy atom. The second-order valence-electron chi connectivity index (χ2n) is 11.0. The Morgan fingerprint density at radius 3 is 2.04 bits per heavy atom. The van der Waals surface area contributed by atoms with Gasteiger partial charge in [0.2, 0.25) is 0 Å². The average molecular weight is 449 g/mol. The summed E-state index contributed by atoms with van der Waals surface area (Å²) in [6.45, 7) is 24.8. The molecule has 0 spiro atoms. The van der Waals surface area contributed by atoms with E-state index >= 15 is 0 Å². The second kappa shape index (κ2) is 9.64. The number of ketones is 1. The first-order valence-electron chi connectivity index (χ1n) is 10.6. The predicted molar refractivity (Wildman–Crippen MR) is 126 cm³/mol. The molecule has 3 atom stereocenters. The molecule has 0 unspecified atom stereocenters. The van der Waals surface area contributed by atoms with Crippen molar-refractivity contribution in [3.05, 3.63) is 0 Å². The maximum atomic E-state index is 13.1. The van der Waals surface area contributed by atoms with Crippen molar-refractivity contribution in [1.29, 1.82) is 0 Å². The Morgan fingerprint density at radius 2 is 1.57 bits per heavy atom. The summed E-state index contributed by atoms with van der Waals surface area (Å²) >= 11 is 1.74. The lowest BCUT2D eigenvalue weighted by Gasteiger charge is -2.44. The van der Waals surface area contributed by atoms with E-state index in [1.54, 1.807) is 11.8 Å². The monoisotopic (exact) mass is 448 g/mol. The van der Waals surface area contributed by atoms with Gasteiger partial charge in [-0.05, 0) is 48.4 Å². The third-order valence-electron chi connectivity index (χ3n) is 6.50. The van der Waals surface area contributed by atoms with Crippen LogP contribution in [0, 0.1) is 0 Å². The van der Waals surface area contributed by atoms with Crippen molar-refractivity contribution >= 4 is 34.2 Å². The molecule has 166 valence electrons. The summed E-state index contributed by atoms with van der Waals surface area (Å²) in [6, 6.07) is 0. The SMILES string of the molecule is CCCS[C@@H]1CC(=O)[C@H](O[Si](C)(C)C(C)(C)C)[C@@H](CO[Si](C)(C)C(C)(C)C)O1. The molecule has 7 heteroatoms. The van der Waals surface area contributed by atoms with Crippen LogP contribution in [0.3, 0.4) is 0 Å². The van der Waals surface area contributed by atoms with Crippen LogP contribution in [0.25, 0.3) is 0 Å². The van der Waals surface area contributed by atoms with Gasteiger partial charge in [-0.25, -0.2) is 0 Å². The van der Waals surface area contributed by atoms with Crippen molar-refractivity contribution in [2.45, 2.75) is 115 Å². The zero-order chi connectivity index (χ0) is 22.0.